The van der Waals surface area contributed by atoms with Gasteiger partial charge in [-0.2, -0.15) is 0 Å². The Balaban J connectivity index is 2.28. The van der Waals surface area contributed by atoms with Crippen LogP contribution in [0.2, 0.25) is 0 Å². The summed E-state index contributed by atoms with van der Waals surface area (Å²) in [5, 5.41) is 5.72. The van der Waals surface area contributed by atoms with Crippen LogP contribution in [0, 0.1) is 13.8 Å². The van der Waals surface area contributed by atoms with Crippen LogP contribution in [-0.2, 0) is 4.79 Å². The van der Waals surface area contributed by atoms with Gasteiger partial charge >= 0.3 is 0 Å². The lowest BCUT2D eigenvalue weighted by Gasteiger charge is -2.16. The van der Waals surface area contributed by atoms with Gasteiger partial charge in [0.15, 0.2) is 0 Å². The molecule has 6 nitrogen and oxygen atoms in total. The van der Waals surface area contributed by atoms with Gasteiger partial charge in [-0.25, -0.2) is 0 Å². The van der Waals surface area contributed by atoms with Crippen LogP contribution in [0.5, 0.6) is 5.75 Å². The van der Waals surface area contributed by atoms with Gasteiger partial charge in [-0.15, -0.1) is 0 Å². The minimum atomic E-state index is -0.292. The molecular weight excluding hydrogens is 330 g/mol. The zero-order chi connectivity index (χ0) is 19.3. The number of benzene rings is 2. The molecule has 0 unspecified atom stereocenters. The van der Waals surface area contributed by atoms with E-state index in [1.54, 1.807) is 24.1 Å². The van der Waals surface area contributed by atoms with Crippen molar-refractivity contribution in [2.45, 2.75) is 13.8 Å². The Morgan fingerprint density at radius 1 is 1.04 bits per heavy atom. The van der Waals surface area contributed by atoms with E-state index >= 15 is 0 Å². The molecule has 0 spiro atoms. The summed E-state index contributed by atoms with van der Waals surface area (Å²) in [4.78, 5) is 26.6. The van der Waals surface area contributed by atoms with Crippen LogP contribution in [0.15, 0.2) is 36.4 Å². The third-order valence-corrected chi connectivity index (χ3v) is 3.82. The Labute approximate surface area is 154 Å². The lowest BCUT2D eigenvalue weighted by molar-refractivity contribution is -0.116. The molecule has 138 valence electrons. The van der Waals surface area contributed by atoms with Crippen LogP contribution in [-0.4, -0.2) is 44.5 Å². The van der Waals surface area contributed by atoms with E-state index in [0.29, 0.717) is 22.7 Å². The van der Waals surface area contributed by atoms with E-state index in [1.165, 1.54) is 0 Å². The van der Waals surface area contributed by atoms with Crippen molar-refractivity contribution in [1.29, 1.82) is 0 Å². The van der Waals surface area contributed by atoms with E-state index in [4.69, 9.17) is 4.74 Å². The molecule has 2 rings (SSSR count). The maximum absolute atomic E-state index is 12.8. The van der Waals surface area contributed by atoms with Crippen molar-refractivity contribution < 1.29 is 14.3 Å². The first-order valence-electron chi connectivity index (χ1n) is 8.32. The van der Waals surface area contributed by atoms with Crippen molar-refractivity contribution in [3.63, 3.8) is 0 Å². The highest BCUT2D eigenvalue weighted by molar-refractivity contribution is 6.09. The van der Waals surface area contributed by atoms with Crippen LogP contribution in [0.1, 0.15) is 21.5 Å². The third-order valence-electron chi connectivity index (χ3n) is 3.82. The van der Waals surface area contributed by atoms with Crippen LogP contribution in [0.4, 0.5) is 11.4 Å². The molecule has 0 bridgehead atoms. The normalized spacial score (nSPS) is 10.5. The van der Waals surface area contributed by atoms with Gasteiger partial charge in [-0.3, -0.25) is 9.59 Å². The first-order valence-corrected chi connectivity index (χ1v) is 8.32. The number of para-hydroxylation sites is 1. The zero-order valence-electron chi connectivity index (χ0n) is 15.8. The lowest BCUT2D eigenvalue weighted by Crippen LogP contribution is -2.27. The predicted octanol–water partition coefficient (Wildman–Crippen LogP) is 3.06. The van der Waals surface area contributed by atoms with Gasteiger partial charge in [0.2, 0.25) is 5.91 Å². The molecule has 2 aromatic carbocycles. The van der Waals surface area contributed by atoms with Gasteiger partial charge in [0.25, 0.3) is 5.91 Å². The highest BCUT2D eigenvalue weighted by atomic mass is 16.5. The first kappa shape index (κ1) is 19.5. The number of carbonyl (C=O) groups excluding carboxylic acids is 2. The number of ether oxygens (including phenoxy) is 1. The molecule has 0 saturated carbocycles. The van der Waals surface area contributed by atoms with Crippen LogP contribution < -0.4 is 15.4 Å². The molecule has 0 aliphatic carbocycles. The minimum absolute atomic E-state index is 0.150. The molecule has 26 heavy (non-hydrogen) atoms. The zero-order valence-corrected chi connectivity index (χ0v) is 15.8. The fraction of sp³-hybridized carbons (Fsp3) is 0.300. The maximum Gasteiger partial charge on any atom is 0.259 e. The van der Waals surface area contributed by atoms with E-state index in [-0.39, 0.29) is 18.4 Å². The SMILES string of the molecule is COc1c(C)cccc1C(=O)Nc1cc(C)ccc1NC(=O)CN(C)C. The van der Waals surface area contributed by atoms with Crippen LogP contribution >= 0.6 is 0 Å². The third kappa shape index (κ3) is 4.83. The minimum Gasteiger partial charge on any atom is -0.496 e. The second kappa shape index (κ2) is 8.49. The molecule has 0 atom stereocenters. The molecule has 2 amide bonds. The summed E-state index contributed by atoms with van der Waals surface area (Å²) < 4.78 is 5.36. The van der Waals surface area contributed by atoms with Gasteiger partial charge < -0.3 is 20.3 Å². The number of nitrogens with one attached hydrogen (secondary N) is 2. The van der Waals surface area contributed by atoms with E-state index in [1.807, 2.05) is 52.2 Å². The average molecular weight is 355 g/mol. The topological polar surface area (TPSA) is 70.7 Å². The number of methoxy groups -OCH3 is 1. The predicted molar refractivity (Wildman–Crippen MR) is 104 cm³/mol. The summed E-state index contributed by atoms with van der Waals surface area (Å²) in [6.45, 7) is 4.07. The summed E-state index contributed by atoms with van der Waals surface area (Å²) in [5.74, 6) is 0.0950. The fourth-order valence-electron chi connectivity index (χ4n) is 2.64. The standard InChI is InChI=1S/C20H25N3O3/c1-13-9-10-16(21-18(24)12-23(3)4)17(11-13)22-20(25)15-8-6-7-14(2)19(15)26-5/h6-11H,12H2,1-5H3,(H,21,24)(H,22,25). The van der Waals surface area contributed by atoms with Gasteiger partial charge in [-0.1, -0.05) is 18.2 Å². The summed E-state index contributed by atoms with van der Waals surface area (Å²) in [6.07, 6.45) is 0. The molecule has 0 aliphatic rings. The van der Waals surface area contributed by atoms with Crippen molar-refractivity contribution in [2.24, 2.45) is 0 Å². The molecular formula is C20H25N3O3. The molecule has 0 aromatic heterocycles. The number of nitrogens with zero attached hydrogens (tertiary/aromatic N) is 1. The van der Waals surface area contributed by atoms with Crippen molar-refractivity contribution in [3.8, 4) is 5.75 Å². The number of hydrogen-bond acceptors (Lipinski definition) is 4. The number of rotatable bonds is 6. The Hall–Kier alpha value is -2.86. The second-order valence-electron chi connectivity index (χ2n) is 6.44. The largest absolute Gasteiger partial charge is 0.496 e. The number of likely N-dealkylation sites (N-methyl/N-ethyl adjacent to an activating group) is 1. The number of amides is 2. The fourth-order valence-corrected chi connectivity index (χ4v) is 2.64. The van der Waals surface area contributed by atoms with Gasteiger partial charge in [0.1, 0.15) is 5.75 Å². The molecule has 0 saturated heterocycles. The molecule has 6 heteroatoms. The Bertz CT molecular complexity index is 816. The smallest absolute Gasteiger partial charge is 0.259 e. The van der Waals surface area contributed by atoms with Crippen molar-refractivity contribution in [1.82, 2.24) is 4.90 Å². The average Bonchev–Trinajstić information content (AvgIpc) is 2.56. The number of anilines is 2. The van der Waals surface area contributed by atoms with Crippen molar-refractivity contribution in [2.75, 3.05) is 38.4 Å². The highest BCUT2D eigenvalue weighted by Gasteiger charge is 2.16. The molecule has 0 aliphatic heterocycles. The molecule has 2 aromatic rings. The van der Waals surface area contributed by atoms with Crippen LogP contribution in [0.3, 0.4) is 0 Å². The van der Waals surface area contributed by atoms with Gasteiger partial charge in [-0.05, 0) is 57.3 Å². The van der Waals surface area contributed by atoms with Crippen molar-refractivity contribution in [3.05, 3.63) is 53.1 Å². The first-order chi connectivity index (χ1) is 12.3. The van der Waals surface area contributed by atoms with Gasteiger partial charge in [0.05, 0.1) is 30.6 Å². The molecule has 0 fully saturated rings. The maximum atomic E-state index is 12.8. The lowest BCUT2D eigenvalue weighted by atomic mass is 10.1. The van der Waals surface area contributed by atoms with E-state index < -0.39 is 0 Å². The number of hydrogen-bond donors (Lipinski definition) is 2. The summed E-state index contributed by atoms with van der Waals surface area (Å²) in [5.41, 5.74) is 3.40. The van der Waals surface area contributed by atoms with Crippen molar-refractivity contribution >= 4 is 23.2 Å². The molecule has 0 heterocycles. The number of carbonyl (C=O) groups is 2. The second-order valence-corrected chi connectivity index (χ2v) is 6.44. The van der Waals surface area contributed by atoms with E-state index in [9.17, 15) is 9.59 Å². The summed E-state index contributed by atoms with van der Waals surface area (Å²) in [7, 11) is 5.18. The van der Waals surface area contributed by atoms with E-state index in [0.717, 1.165) is 11.1 Å². The van der Waals surface area contributed by atoms with E-state index in [2.05, 4.69) is 10.6 Å². The highest BCUT2D eigenvalue weighted by Crippen LogP contribution is 2.27. The Kier molecular flexibility index (Phi) is 6.36. The molecule has 2 N–H and O–H groups in total. The monoisotopic (exact) mass is 355 g/mol. The number of aryl methyl sites for hydroxylation is 2. The van der Waals surface area contributed by atoms with Crippen LogP contribution in [0.25, 0.3) is 0 Å². The quantitative estimate of drug-likeness (QED) is 0.835. The van der Waals surface area contributed by atoms with Gasteiger partial charge in [0, 0.05) is 0 Å². The Morgan fingerprint density at radius 3 is 2.42 bits per heavy atom. The Morgan fingerprint density at radius 2 is 1.77 bits per heavy atom. The molecule has 0 radical (unpaired) electrons. The summed E-state index contributed by atoms with van der Waals surface area (Å²) in [6, 6.07) is 10.9. The summed E-state index contributed by atoms with van der Waals surface area (Å²) >= 11 is 0.